The Hall–Kier alpha value is -1.69. The third kappa shape index (κ3) is 4.82. The number of carboxylic acids is 1. The molecule has 5 nitrogen and oxygen atoms in total. The number of hydrogen-bond donors (Lipinski definition) is 2. The van der Waals surface area contributed by atoms with Crippen LogP contribution in [0.3, 0.4) is 0 Å². The third-order valence-electron chi connectivity index (χ3n) is 2.46. The van der Waals surface area contributed by atoms with E-state index in [1.165, 1.54) is 4.90 Å². The molecule has 0 heterocycles. The summed E-state index contributed by atoms with van der Waals surface area (Å²) in [6.45, 7) is 3.96. The van der Waals surface area contributed by atoms with Gasteiger partial charge in [0.15, 0.2) is 0 Å². The number of thioether (sulfide) groups is 1. The summed E-state index contributed by atoms with van der Waals surface area (Å²) in [5.41, 5.74) is 2.08. The highest BCUT2D eigenvalue weighted by molar-refractivity contribution is 7.98. The molecule has 0 aliphatic carbocycles. The zero-order valence-corrected chi connectivity index (χ0v) is 12.0. The maximum absolute atomic E-state index is 11.4. The molecule has 0 saturated heterocycles. The molecule has 0 aromatic heterocycles. The van der Waals surface area contributed by atoms with Crippen molar-refractivity contribution in [2.45, 2.75) is 25.2 Å². The summed E-state index contributed by atoms with van der Waals surface area (Å²) in [7, 11) is 0. The minimum absolute atomic E-state index is 0.0506. The van der Waals surface area contributed by atoms with E-state index in [-0.39, 0.29) is 13.0 Å². The molecule has 0 radical (unpaired) electrons. The lowest BCUT2D eigenvalue weighted by molar-refractivity contribution is -0.136. The number of carbonyl (C=O) groups excluding carboxylic acids is 1. The second kappa shape index (κ2) is 7.04. The molecule has 0 fully saturated rings. The van der Waals surface area contributed by atoms with Crippen molar-refractivity contribution < 1.29 is 19.4 Å². The van der Waals surface area contributed by atoms with E-state index in [4.69, 9.17) is 9.84 Å². The van der Waals surface area contributed by atoms with Gasteiger partial charge in [0.25, 0.3) is 0 Å². The fraction of sp³-hybridized carbons (Fsp3) is 0.385. The number of carbonyl (C=O) groups is 2. The van der Waals surface area contributed by atoms with Crippen molar-refractivity contribution in [1.29, 1.82) is 0 Å². The first kappa shape index (κ1) is 15.4. The van der Waals surface area contributed by atoms with Gasteiger partial charge in [0.05, 0.1) is 6.42 Å². The lowest BCUT2D eigenvalue weighted by Crippen LogP contribution is -2.28. The van der Waals surface area contributed by atoms with Crippen LogP contribution in [0.5, 0.6) is 5.75 Å². The number of aliphatic carboxylic acids is 1. The molecule has 104 valence electrons. The van der Waals surface area contributed by atoms with E-state index in [1.807, 2.05) is 20.1 Å². The van der Waals surface area contributed by atoms with Crippen molar-refractivity contribution in [2.24, 2.45) is 0 Å². The summed E-state index contributed by atoms with van der Waals surface area (Å²) in [5, 5.41) is 10.8. The van der Waals surface area contributed by atoms with Crippen LogP contribution in [0, 0.1) is 13.8 Å². The van der Waals surface area contributed by atoms with Crippen LogP contribution in [-0.4, -0.2) is 30.0 Å². The van der Waals surface area contributed by atoms with Crippen molar-refractivity contribution >= 4 is 23.8 Å². The molecule has 1 rings (SSSR count). The molecule has 2 N–H and O–H groups in total. The Balaban J connectivity index is 2.62. The number of carboxylic acid groups (broad SMARTS) is 1. The molecular formula is C13H17NO4S. The molecule has 0 atom stereocenters. The maximum Gasteiger partial charge on any atom is 0.412 e. The van der Waals surface area contributed by atoms with E-state index >= 15 is 0 Å². The van der Waals surface area contributed by atoms with Crippen molar-refractivity contribution in [3.8, 4) is 5.75 Å². The highest BCUT2D eigenvalue weighted by atomic mass is 32.2. The number of benzene rings is 1. The lowest BCUT2D eigenvalue weighted by atomic mass is 10.1. The summed E-state index contributed by atoms with van der Waals surface area (Å²) in [5.74, 6) is -0.503. The average molecular weight is 283 g/mol. The van der Waals surface area contributed by atoms with Gasteiger partial charge >= 0.3 is 12.1 Å². The van der Waals surface area contributed by atoms with Gasteiger partial charge in [-0.2, -0.15) is 0 Å². The molecule has 6 heteroatoms. The number of ether oxygens (including phenoxy) is 1. The van der Waals surface area contributed by atoms with Gasteiger partial charge in [0.2, 0.25) is 0 Å². The van der Waals surface area contributed by atoms with Crippen LogP contribution in [0.25, 0.3) is 0 Å². The maximum atomic E-state index is 11.4. The zero-order chi connectivity index (χ0) is 14.4. The summed E-state index contributed by atoms with van der Waals surface area (Å²) in [6.07, 6.45) is 1.23. The Bertz CT molecular complexity index is 465. The van der Waals surface area contributed by atoms with Crippen LogP contribution in [0.15, 0.2) is 17.0 Å². The Morgan fingerprint density at radius 1 is 1.32 bits per heavy atom. The first-order valence-electron chi connectivity index (χ1n) is 5.76. The van der Waals surface area contributed by atoms with Crippen LogP contribution < -0.4 is 10.1 Å². The normalized spacial score (nSPS) is 10.1. The molecule has 0 aliphatic heterocycles. The molecule has 0 bridgehead atoms. The quantitative estimate of drug-likeness (QED) is 0.812. The van der Waals surface area contributed by atoms with Crippen molar-refractivity contribution in [1.82, 2.24) is 5.32 Å². The summed E-state index contributed by atoms with van der Waals surface area (Å²) >= 11 is 1.65. The topological polar surface area (TPSA) is 75.6 Å². The van der Waals surface area contributed by atoms with Crippen LogP contribution in [-0.2, 0) is 4.79 Å². The first-order valence-corrected chi connectivity index (χ1v) is 6.99. The van der Waals surface area contributed by atoms with Gasteiger partial charge in [-0.05, 0) is 43.4 Å². The largest absolute Gasteiger partial charge is 0.481 e. The SMILES string of the molecule is CSc1c(C)cc(OC(=O)NCCC(=O)O)cc1C. The molecule has 1 amide bonds. The molecular weight excluding hydrogens is 266 g/mol. The third-order valence-corrected chi connectivity index (χ3v) is 3.51. The second-order valence-electron chi connectivity index (χ2n) is 4.05. The van der Waals surface area contributed by atoms with Crippen LogP contribution in [0.1, 0.15) is 17.5 Å². The second-order valence-corrected chi connectivity index (χ2v) is 4.87. The van der Waals surface area contributed by atoms with Gasteiger partial charge in [0.1, 0.15) is 5.75 Å². The predicted octanol–water partition coefficient (Wildman–Crippen LogP) is 2.59. The number of nitrogens with one attached hydrogen (secondary N) is 1. The van der Waals surface area contributed by atoms with Gasteiger partial charge in [-0.25, -0.2) is 4.79 Å². The van der Waals surface area contributed by atoms with Gasteiger partial charge in [-0.1, -0.05) is 0 Å². The molecule has 1 aromatic rings. The smallest absolute Gasteiger partial charge is 0.412 e. The van der Waals surface area contributed by atoms with Crippen molar-refractivity contribution in [3.05, 3.63) is 23.3 Å². The van der Waals surface area contributed by atoms with E-state index in [9.17, 15) is 9.59 Å². The van der Waals surface area contributed by atoms with Gasteiger partial charge in [-0.15, -0.1) is 11.8 Å². The minimum atomic E-state index is -0.962. The highest BCUT2D eigenvalue weighted by Gasteiger charge is 2.09. The number of aryl methyl sites for hydroxylation is 2. The summed E-state index contributed by atoms with van der Waals surface area (Å²) in [6, 6.07) is 3.57. The van der Waals surface area contributed by atoms with Crippen molar-refractivity contribution in [2.75, 3.05) is 12.8 Å². The first-order chi connectivity index (χ1) is 8.93. The van der Waals surface area contributed by atoms with Crippen molar-refractivity contribution in [3.63, 3.8) is 0 Å². The minimum Gasteiger partial charge on any atom is -0.481 e. The summed E-state index contributed by atoms with van der Waals surface area (Å²) in [4.78, 5) is 22.9. The average Bonchev–Trinajstić information content (AvgIpc) is 2.27. The van der Waals surface area contributed by atoms with E-state index < -0.39 is 12.1 Å². The molecule has 0 aliphatic rings. The van der Waals surface area contributed by atoms with Gasteiger partial charge in [0, 0.05) is 11.4 Å². The highest BCUT2D eigenvalue weighted by Crippen LogP contribution is 2.28. The standard InChI is InChI=1S/C13H17NO4S/c1-8-6-10(7-9(2)12(8)19-3)18-13(17)14-5-4-11(15)16/h6-7H,4-5H2,1-3H3,(H,14,17)(H,15,16). The number of rotatable bonds is 5. The molecule has 0 saturated carbocycles. The Morgan fingerprint density at radius 2 is 1.89 bits per heavy atom. The fourth-order valence-corrected chi connectivity index (χ4v) is 2.47. The van der Waals surface area contributed by atoms with Crippen LogP contribution >= 0.6 is 11.8 Å². The summed E-state index contributed by atoms with van der Waals surface area (Å²) < 4.78 is 5.11. The van der Waals surface area contributed by atoms with Crippen LogP contribution in [0.2, 0.25) is 0 Å². The number of amides is 1. The fourth-order valence-electron chi connectivity index (χ4n) is 1.71. The Morgan fingerprint density at radius 3 is 2.37 bits per heavy atom. The molecule has 0 spiro atoms. The Kier molecular flexibility index (Phi) is 5.69. The van der Waals surface area contributed by atoms with E-state index in [0.717, 1.165) is 11.1 Å². The number of hydrogen-bond acceptors (Lipinski definition) is 4. The molecule has 0 unspecified atom stereocenters. The Labute approximate surface area is 116 Å². The monoisotopic (exact) mass is 283 g/mol. The van der Waals surface area contributed by atoms with Crippen LogP contribution in [0.4, 0.5) is 4.79 Å². The zero-order valence-electron chi connectivity index (χ0n) is 11.1. The molecule has 1 aromatic carbocycles. The van der Waals surface area contributed by atoms with E-state index in [0.29, 0.717) is 5.75 Å². The van der Waals surface area contributed by atoms with Gasteiger partial charge in [-0.3, -0.25) is 4.79 Å². The predicted molar refractivity (Wildman–Crippen MR) is 74.0 cm³/mol. The molecule has 19 heavy (non-hydrogen) atoms. The van der Waals surface area contributed by atoms with E-state index in [2.05, 4.69) is 5.32 Å². The lowest BCUT2D eigenvalue weighted by Gasteiger charge is -2.11. The van der Waals surface area contributed by atoms with Gasteiger partial charge < -0.3 is 15.2 Å². The van der Waals surface area contributed by atoms with E-state index in [1.54, 1.807) is 23.9 Å².